The van der Waals surface area contributed by atoms with E-state index in [2.05, 4.69) is 5.43 Å². The van der Waals surface area contributed by atoms with Crippen molar-refractivity contribution in [1.82, 2.24) is 10.4 Å². The predicted molar refractivity (Wildman–Crippen MR) is 56.0 cm³/mol. The van der Waals surface area contributed by atoms with E-state index < -0.39 is 6.09 Å². The Labute approximate surface area is 88.8 Å². The molecule has 4 heteroatoms. The van der Waals surface area contributed by atoms with Gasteiger partial charge in [0.05, 0.1) is 6.04 Å². The molecule has 0 aromatic heterocycles. The van der Waals surface area contributed by atoms with Crippen LogP contribution in [0.15, 0.2) is 30.3 Å². The van der Waals surface area contributed by atoms with Crippen molar-refractivity contribution in [3.05, 3.63) is 35.9 Å². The summed E-state index contributed by atoms with van der Waals surface area (Å²) in [6, 6.07) is 9.88. The van der Waals surface area contributed by atoms with Gasteiger partial charge in [0.2, 0.25) is 0 Å². The number of benzene rings is 1. The van der Waals surface area contributed by atoms with E-state index in [0.29, 0.717) is 0 Å². The van der Waals surface area contributed by atoms with E-state index in [4.69, 9.17) is 4.74 Å². The predicted octanol–water partition coefficient (Wildman–Crippen LogP) is 1.70. The van der Waals surface area contributed by atoms with Crippen LogP contribution in [0, 0.1) is 0 Å². The van der Waals surface area contributed by atoms with E-state index in [-0.39, 0.29) is 12.1 Å². The SMILES string of the molecule is C[C@H]1[C@@H](c2ccccc2)OC(=O)NN1C. The summed E-state index contributed by atoms with van der Waals surface area (Å²) in [6.45, 7) is 2.01. The second-order valence-electron chi connectivity index (χ2n) is 3.70. The second kappa shape index (κ2) is 3.90. The lowest BCUT2D eigenvalue weighted by atomic mass is 10.0. The van der Waals surface area contributed by atoms with E-state index in [1.807, 2.05) is 44.3 Å². The first kappa shape index (κ1) is 9.98. The van der Waals surface area contributed by atoms with Crippen LogP contribution in [0.25, 0.3) is 0 Å². The minimum absolute atomic E-state index is 0.116. The van der Waals surface area contributed by atoms with Crippen LogP contribution in [0.5, 0.6) is 0 Å². The third-order valence-corrected chi connectivity index (χ3v) is 2.68. The zero-order chi connectivity index (χ0) is 10.8. The topological polar surface area (TPSA) is 41.6 Å². The fourth-order valence-electron chi connectivity index (χ4n) is 1.68. The molecule has 0 radical (unpaired) electrons. The third kappa shape index (κ3) is 1.94. The highest BCUT2D eigenvalue weighted by molar-refractivity contribution is 5.67. The molecular weight excluding hydrogens is 192 g/mol. The van der Waals surface area contributed by atoms with Crippen molar-refractivity contribution in [2.75, 3.05) is 7.05 Å². The molecule has 1 saturated heterocycles. The van der Waals surface area contributed by atoms with Gasteiger partial charge in [-0.2, -0.15) is 0 Å². The molecule has 2 atom stereocenters. The molecule has 0 spiro atoms. The molecule has 0 aliphatic carbocycles. The zero-order valence-corrected chi connectivity index (χ0v) is 8.81. The summed E-state index contributed by atoms with van der Waals surface area (Å²) in [5, 5.41) is 1.77. The van der Waals surface area contributed by atoms with Gasteiger partial charge in [0.15, 0.2) is 0 Å². The number of likely N-dealkylation sites (N-methyl/N-ethyl adjacent to an activating group) is 1. The lowest BCUT2D eigenvalue weighted by Crippen LogP contribution is -2.53. The number of ether oxygens (including phenoxy) is 1. The van der Waals surface area contributed by atoms with Gasteiger partial charge >= 0.3 is 6.09 Å². The van der Waals surface area contributed by atoms with E-state index in [0.717, 1.165) is 5.56 Å². The fraction of sp³-hybridized carbons (Fsp3) is 0.364. The summed E-state index contributed by atoms with van der Waals surface area (Å²) in [6.07, 6.45) is -0.602. The van der Waals surface area contributed by atoms with Crippen LogP contribution < -0.4 is 5.43 Å². The number of hydrazine groups is 1. The molecule has 1 N–H and O–H groups in total. The Morgan fingerprint density at radius 3 is 2.67 bits per heavy atom. The maximum atomic E-state index is 11.2. The molecule has 1 fully saturated rings. The molecule has 2 rings (SSSR count). The molecule has 4 nitrogen and oxygen atoms in total. The van der Waals surface area contributed by atoms with Crippen molar-refractivity contribution in [1.29, 1.82) is 0 Å². The number of cyclic esters (lactones) is 1. The Balaban J connectivity index is 2.24. The molecule has 0 unspecified atom stereocenters. The Kier molecular flexibility index (Phi) is 2.60. The number of rotatable bonds is 1. The standard InChI is InChI=1S/C11H14N2O2/c1-8-10(9-6-4-3-5-7-9)15-11(14)12-13(8)2/h3-8,10H,1-2H3,(H,12,14)/t8-,10-/m0/s1. The molecule has 0 saturated carbocycles. The molecule has 1 aromatic carbocycles. The van der Waals surface area contributed by atoms with Crippen LogP contribution in [0.4, 0.5) is 4.79 Å². The van der Waals surface area contributed by atoms with Crippen molar-refractivity contribution in [3.63, 3.8) is 0 Å². The fourth-order valence-corrected chi connectivity index (χ4v) is 1.68. The summed E-state index contributed by atoms with van der Waals surface area (Å²) in [7, 11) is 1.83. The Hall–Kier alpha value is -1.55. The van der Waals surface area contributed by atoms with Crippen molar-refractivity contribution in [3.8, 4) is 0 Å². The van der Waals surface area contributed by atoms with Crippen LogP contribution >= 0.6 is 0 Å². The monoisotopic (exact) mass is 206 g/mol. The van der Waals surface area contributed by atoms with Crippen molar-refractivity contribution < 1.29 is 9.53 Å². The van der Waals surface area contributed by atoms with Gasteiger partial charge in [0, 0.05) is 7.05 Å². The van der Waals surface area contributed by atoms with Crippen LogP contribution in [-0.4, -0.2) is 24.2 Å². The highest BCUT2D eigenvalue weighted by Gasteiger charge is 2.32. The van der Waals surface area contributed by atoms with Crippen molar-refractivity contribution >= 4 is 6.09 Å². The molecular formula is C11H14N2O2. The minimum atomic E-state index is -0.399. The maximum absolute atomic E-state index is 11.2. The lowest BCUT2D eigenvalue weighted by molar-refractivity contribution is -0.0251. The van der Waals surface area contributed by atoms with Gasteiger partial charge in [0.1, 0.15) is 6.10 Å². The van der Waals surface area contributed by atoms with Crippen LogP contribution in [0.1, 0.15) is 18.6 Å². The maximum Gasteiger partial charge on any atom is 0.422 e. The van der Waals surface area contributed by atoms with Gasteiger partial charge in [-0.3, -0.25) is 5.43 Å². The second-order valence-corrected chi connectivity index (χ2v) is 3.70. The van der Waals surface area contributed by atoms with Crippen LogP contribution in [0.2, 0.25) is 0 Å². The molecule has 1 aliphatic rings. The Bertz CT molecular complexity index is 353. The average Bonchev–Trinajstić information content (AvgIpc) is 2.24. The number of hydrogen-bond donors (Lipinski definition) is 1. The average molecular weight is 206 g/mol. The van der Waals surface area contributed by atoms with Gasteiger partial charge in [-0.25, -0.2) is 9.80 Å². The Morgan fingerprint density at radius 2 is 2.00 bits per heavy atom. The zero-order valence-electron chi connectivity index (χ0n) is 8.81. The van der Waals surface area contributed by atoms with Gasteiger partial charge < -0.3 is 4.74 Å². The van der Waals surface area contributed by atoms with E-state index in [1.54, 1.807) is 5.01 Å². The van der Waals surface area contributed by atoms with Crippen LogP contribution in [-0.2, 0) is 4.74 Å². The molecule has 15 heavy (non-hydrogen) atoms. The third-order valence-electron chi connectivity index (χ3n) is 2.68. The van der Waals surface area contributed by atoms with Gasteiger partial charge in [0.25, 0.3) is 0 Å². The van der Waals surface area contributed by atoms with Gasteiger partial charge in [-0.1, -0.05) is 30.3 Å². The van der Waals surface area contributed by atoms with Crippen LogP contribution in [0.3, 0.4) is 0 Å². The highest BCUT2D eigenvalue weighted by atomic mass is 16.6. The van der Waals surface area contributed by atoms with Crippen molar-refractivity contribution in [2.45, 2.75) is 19.1 Å². The largest absolute Gasteiger partial charge is 0.439 e. The quantitative estimate of drug-likeness (QED) is 0.760. The number of carbonyl (C=O) groups excluding carboxylic acids is 1. The molecule has 1 aliphatic heterocycles. The number of nitrogens with zero attached hydrogens (tertiary/aromatic N) is 1. The molecule has 0 bridgehead atoms. The first-order valence-corrected chi connectivity index (χ1v) is 4.93. The normalized spacial score (nSPS) is 26.9. The number of carbonyl (C=O) groups is 1. The van der Waals surface area contributed by atoms with E-state index in [9.17, 15) is 4.79 Å². The van der Waals surface area contributed by atoms with Gasteiger partial charge in [-0.15, -0.1) is 0 Å². The summed E-state index contributed by atoms with van der Waals surface area (Å²) in [5.74, 6) is 0. The number of amides is 1. The molecule has 1 heterocycles. The highest BCUT2D eigenvalue weighted by Crippen LogP contribution is 2.26. The van der Waals surface area contributed by atoms with E-state index in [1.165, 1.54) is 0 Å². The summed E-state index contributed by atoms with van der Waals surface area (Å²) >= 11 is 0. The van der Waals surface area contributed by atoms with E-state index >= 15 is 0 Å². The summed E-state index contributed by atoms with van der Waals surface area (Å²) < 4.78 is 5.26. The first-order chi connectivity index (χ1) is 7.18. The summed E-state index contributed by atoms with van der Waals surface area (Å²) in [4.78, 5) is 11.2. The molecule has 80 valence electrons. The lowest BCUT2D eigenvalue weighted by Gasteiger charge is -2.36. The van der Waals surface area contributed by atoms with Crippen molar-refractivity contribution in [2.24, 2.45) is 0 Å². The minimum Gasteiger partial charge on any atom is -0.439 e. The number of hydrogen-bond acceptors (Lipinski definition) is 3. The van der Waals surface area contributed by atoms with Gasteiger partial charge in [-0.05, 0) is 12.5 Å². The Morgan fingerprint density at radius 1 is 1.33 bits per heavy atom. The summed E-state index contributed by atoms with van der Waals surface area (Å²) in [5.41, 5.74) is 3.62. The first-order valence-electron chi connectivity index (χ1n) is 4.93. The molecule has 1 amide bonds. The smallest absolute Gasteiger partial charge is 0.422 e. The number of nitrogens with one attached hydrogen (secondary N) is 1. The molecule has 1 aromatic rings.